The predicted molar refractivity (Wildman–Crippen MR) is 93.7 cm³/mol. The number of hydrogen-bond donors (Lipinski definition) is 1. The highest BCUT2D eigenvalue weighted by atomic mass is 31.2. The highest BCUT2D eigenvalue weighted by Gasteiger charge is 2.40. The summed E-state index contributed by atoms with van der Waals surface area (Å²) in [7, 11) is -2.69. The summed E-state index contributed by atoms with van der Waals surface area (Å²) in [5.74, 6) is -0.843. The van der Waals surface area contributed by atoms with Crippen molar-refractivity contribution in [2.75, 3.05) is 18.9 Å². The van der Waals surface area contributed by atoms with E-state index in [9.17, 15) is 9.36 Å². The van der Waals surface area contributed by atoms with Crippen LogP contribution in [0, 0.1) is 11.3 Å². The van der Waals surface area contributed by atoms with Crippen molar-refractivity contribution in [1.82, 2.24) is 0 Å². The fraction of sp³-hybridized carbons (Fsp3) is 0.882. The van der Waals surface area contributed by atoms with Crippen LogP contribution in [-0.2, 0) is 18.6 Å². The number of rotatable bonds is 11. The number of nitrogens with one attached hydrogen (secondary N) is 1. The SMILES string of the molecule is CCCCCP(=O)(CC)OC1CCC(C(=O)OCCCC)C1=N. The van der Waals surface area contributed by atoms with Gasteiger partial charge in [-0.1, -0.05) is 40.0 Å². The number of esters is 1. The van der Waals surface area contributed by atoms with Gasteiger partial charge in [0.2, 0.25) is 7.37 Å². The summed E-state index contributed by atoms with van der Waals surface area (Å²) in [5.41, 5.74) is 0.246. The monoisotopic (exact) mass is 345 g/mol. The molecule has 1 rings (SSSR count). The lowest BCUT2D eigenvalue weighted by molar-refractivity contribution is -0.146. The Morgan fingerprint density at radius 1 is 1.17 bits per heavy atom. The van der Waals surface area contributed by atoms with Crippen LogP contribution in [0.4, 0.5) is 0 Å². The first-order valence-electron chi connectivity index (χ1n) is 8.98. The van der Waals surface area contributed by atoms with Crippen molar-refractivity contribution in [3.05, 3.63) is 0 Å². The Hall–Kier alpha value is -0.670. The van der Waals surface area contributed by atoms with E-state index in [1.807, 2.05) is 13.8 Å². The second-order valence-electron chi connectivity index (χ2n) is 6.26. The second-order valence-corrected chi connectivity index (χ2v) is 9.18. The van der Waals surface area contributed by atoms with Gasteiger partial charge in [0.15, 0.2) is 0 Å². The molecule has 0 aromatic heterocycles. The third-order valence-electron chi connectivity index (χ3n) is 4.37. The second kappa shape index (κ2) is 10.2. The Balaban J connectivity index is 2.54. The summed E-state index contributed by atoms with van der Waals surface area (Å²) in [6, 6.07) is 0. The number of carbonyl (C=O) groups excluding carboxylic acids is 1. The number of carbonyl (C=O) groups is 1. The molecule has 1 saturated carbocycles. The molecular formula is C17H32NO4P. The fourth-order valence-electron chi connectivity index (χ4n) is 2.75. The Morgan fingerprint density at radius 3 is 2.48 bits per heavy atom. The smallest absolute Gasteiger partial charge is 0.314 e. The maximum atomic E-state index is 12.8. The Bertz CT molecular complexity index is 438. The average molecular weight is 345 g/mol. The molecule has 1 aliphatic carbocycles. The lowest BCUT2D eigenvalue weighted by Gasteiger charge is -2.22. The van der Waals surface area contributed by atoms with E-state index in [1.165, 1.54) is 0 Å². The lowest BCUT2D eigenvalue weighted by Crippen LogP contribution is -2.27. The quantitative estimate of drug-likeness (QED) is 0.336. The van der Waals surface area contributed by atoms with Crippen LogP contribution in [0.25, 0.3) is 0 Å². The van der Waals surface area contributed by atoms with Gasteiger partial charge in [-0.05, 0) is 25.7 Å². The molecule has 0 spiro atoms. The third-order valence-corrected chi connectivity index (χ3v) is 6.97. The molecule has 0 saturated heterocycles. The molecule has 0 heterocycles. The maximum absolute atomic E-state index is 12.8. The minimum absolute atomic E-state index is 0.246. The van der Waals surface area contributed by atoms with Crippen molar-refractivity contribution in [2.24, 2.45) is 5.92 Å². The van der Waals surface area contributed by atoms with Crippen LogP contribution >= 0.6 is 7.37 Å². The zero-order valence-electron chi connectivity index (χ0n) is 14.8. The molecular weight excluding hydrogens is 313 g/mol. The van der Waals surface area contributed by atoms with Gasteiger partial charge in [0.25, 0.3) is 0 Å². The Morgan fingerprint density at radius 2 is 1.87 bits per heavy atom. The van der Waals surface area contributed by atoms with Crippen LogP contribution in [0.2, 0.25) is 0 Å². The van der Waals surface area contributed by atoms with Gasteiger partial charge in [-0.15, -0.1) is 0 Å². The van der Waals surface area contributed by atoms with E-state index in [2.05, 4.69) is 6.92 Å². The largest absolute Gasteiger partial charge is 0.465 e. The normalized spacial score (nSPS) is 23.7. The summed E-state index contributed by atoms with van der Waals surface area (Å²) < 4.78 is 23.9. The molecule has 1 fully saturated rings. The zero-order chi connectivity index (χ0) is 17.3. The lowest BCUT2D eigenvalue weighted by atomic mass is 10.1. The topological polar surface area (TPSA) is 76.5 Å². The van der Waals surface area contributed by atoms with Gasteiger partial charge >= 0.3 is 5.97 Å². The van der Waals surface area contributed by atoms with Gasteiger partial charge in [0.05, 0.1) is 18.2 Å². The van der Waals surface area contributed by atoms with Gasteiger partial charge in [-0.25, -0.2) is 0 Å². The third kappa shape index (κ3) is 6.39. The van der Waals surface area contributed by atoms with E-state index >= 15 is 0 Å². The van der Waals surface area contributed by atoms with Gasteiger partial charge in [0, 0.05) is 12.3 Å². The molecule has 6 heteroatoms. The maximum Gasteiger partial charge on any atom is 0.314 e. The zero-order valence-corrected chi connectivity index (χ0v) is 15.7. The molecule has 5 nitrogen and oxygen atoms in total. The van der Waals surface area contributed by atoms with E-state index in [1.54, 1.807) is 0 Å². The van der Waals surface area contributed by atoms with Crippen LogP contribution < -0.4 is 0 Å². The highest BCUT2D eigenvalue weighted by Crippen LogP contribution is 2.50. The van der Waals surface area contributed by atoms with Crippen molar-refractivity contribution < 1.29 is 18.6 Å². The summed E-state index contributed by atoms with van der Waals surface area (Å²) in [4.78, 5) is 12.0. The van der Waals surface area contributed by atoms with E-state index in [-0.39, 0.29) is 11.7 Å². The first kappa shape index (κ1) is 20.4. The molecule has 1 N–H and O–H groups in total. The minimum Gasteiger partial charge on any atom is -0.465 e. The van der Waals surface area contributed by atoms with Crippen molar-refractivity contribution >= 4 is 19.0 Å². The van der Waals surface area contributed by atoms with Crippen LogP contribution in [0.3, 0.4) is 0 Å². The van der Waals surface area contributed by atoms with E-state index in [4.69, 9.17) is 14.7 Å². The first-order valence-corrected chi connectivity index (χ1v) is 11.0. The van der Waals surface area contributed by atoms with Gasteiger partial charge < -0.3 is 14.7 Å². The number of ether oxygens (including phenoxy) is 1. The van der Waals surface area contributed by atoms with Crippen LogP contribution in [0.15, 0.2) is 0 Å². The van der Waals surface area contributed by atoms with Gasteiger partial charge in [-0.3, -0.25) is 9.36 Å². The van der Waals surface area contributed by atoms with E-state index in [0.29, 0.717) is 31.8 Å². The van der Waals surface area contributed by atoms with E-state index < -0.39 is 19.4 Å². The summed E-state index contributed by atoms with van der Waals surface area (Å²) in [6.07, 6.45) is 6.56. The molecule has 0 aromatic rings. The molecule has 0 aromatic carbocycles. The van der Waals surface area contributed by atoms with Gasteiger partial charge in [0.1, 0.15) is 6.10 Å². The summed E-state index contributed by atoms with van der Waals surface area (Å²) in [5, 5.41) is 8.20. The van der Waals surface area contributed by atoms with Crippen molar-refractivity contribution in [1.29, 1.82) is 5.41 Å². The summed E-state index contributed by atoms with van der Waals surface area (Å²) in [6.45, 7) is 6.44. The Kier molecular flexibility index (Phi) is 9.08. The average Bonchev–Trinajstić information content (AvgIpc) is 2.88. The molecule has 23 heavy (non-hydrogen) atoms. The summed E-state index contributed by atoms with van der Waals surface area (Å²) >= 11 is 0. The molecule has 3 atom stereocenters. The fourth-order valence-corrected chi connectivity index (χ4v) is 4.70. The van der Waals surface area contributed by atoms with Crippen molar-refractivity contribution in [3.63, 3.8) is 0 Å². The molecule has 3 unspecified atom stereocenters. The molecule has 1 aliphatic rings. The molecule has 0 amide bonds. The molecule has 0 bridgehead atoms. The predicted octanol–water partition coefficient (Wildman–Crippen LogP) is 4.63. The standard InChI is InChI=1S/C17H32NO4P/c1-4-7-9-13-23(20,6-3)22-15-11-10-14(16(15)18)17(19)21-12-8-5-2/h14-15,18H,4-13H2,1-3H3. The molecule has 0 radical (unpaired) electrons. The minimum atomic E-state index is -2.69. The molecule has 0 aliphatic heterocycles. The highest BCUT2D eigenvalue weighted by molar-refractivity contribution is 7.58. The number of unbranched alkanes of at least 4 members (excludes halogenated alkanes) is 3. The van der Waals surface area contributed by atoms with E-state index in [0.717, 1.165) is 32.1 Å². The van der Waals surface area contributed by atoms with Crippen LogP contribution in [0.1, 0.15) is 65.7 Å². The van der Waals surface area contributed by atoms with Crippen molar-refractivity contribution in [2.45, 2.75) is 71.8 Å². The van der Waals surface area contributed by atoms with Crippen molar-refractivity contribution in [3.8, 4) is 0 Å². The molecule has 134 valence electrons. The van der Waals surface area contributed by atoms with Gasteiger partial charge in [-0.2, -0.15) is 0 Å². The Labute approximate surface area is 140 Å². The first-order chi connectivity index (χ1) is 11.0. The van der Waals surface area contributed by atoms with Crippen LogP contribution in [0.5, 0.6) is 0 Å². The number of hydrogen-bond acceptors (Lipinski definition) is 5. The van der Waals surface area contributed by atoms with Crippen LogP contribution in [-0.4, -0.2) is 36.7 Å².